The van der Waals surface area contributed by atoms with Gasteiger partial charge >= 0.3 is 5.97 Å². The molecule has 0 amide bonds. The number of ether oxygens (including phenoxy) is 2. The van der Waals surface area contributed by atoms with Gasteiger partial charge in [0, 0.05) is 23.3 Å². The molecule has 3 aromatic heterocycles. The number of fused-ring (bicyclic) bond motifs is 3. The van der Waals surface area contributed by atoms with E-state index in [-0.39, 0.29) is 17.5 Å². The van der Waals surface area contributed by atoms with Gasteiger partial charge in [-0.3, -0.25) is 0 Å². The summed E-state index contributed by atoms with van der Waals surface area (Å²) in [5.74, 6) is 1.60. The van der Waals surface area contributed by atoms with Crippen LogP contribution in [-0.2, 0) is 15.7 Å². The Kier molecular flexibility index (Phi) is 4.39. The van der Waals surface area contributed by atoms with Gasteiger partial charge in [0.15, 0.2) is 0 Å². The van der Waals surface area contributed by atoms with Gasteiger partial charge < -0.3 is 20.5 Å². The Bertz CT molecular complexity index is 1280. The lowest BCUT2D eigenvalue weighted by Crippen LogP contribution is -2.32. The molecule has 170 valence electrons. The van der Waals surface area contributed by atoms with E-state index < -0.39 is 5.54 Å². The number of nitrogens with zero attached hydrogens (tertiary/aromatic N) is 3. The second-order valence-electron chi connectivity index (χ2n) is 9.75. The summed E-state index contributed by atoms with van der Waals surface area (Å²) in [5.41, 5.74) is 8.31. The average Bonchev–Trinajstić information content (AvgIpc) is 3.74. The minimum Gasteiger partial charge on any atom is -0.474 e. The van der Waals surface area contributed by atoms with Crippen molar-refractivity contribution in [3.05, 3.63) is 47.4 Å². The maximum atomic E-state index is 12.2. The fourth-order valence-electron chi connectivity index (χ4n) is 4.37. The molecule has 2 saturated carbocycles. The summed E-state index contributed by atoms with van der Waals surface area (Å²) in [5, 5.41) is 5.14. The number of aromatic nitrogens is 3. The highest BCUT2D eigenvalue weighted by atomic mass is 16.5. The Labute approximate surface area is 191 Å². The maximum Gasteiger partial charge on any atom is 0.340 e. The molecule has 0 aromatic carbocycles. The van der Waals surface area contributed by atoms with Crippen LogP contribution in [0.3, 0.4) is 0 Å². The van der Waals surface area contributed by atoms with E-state index in [1.807, 2.05) is 19.2 Å². The number of nitrogens with one attached hydrogen (secondary N) is 1. The zero-order chi connectivity index (χ0) is 22.8. The molecule has 33 heavy (non-hydrogen) atoms. The van der Waals surface area contributed by atoms with Crippen molar-refractivity contribution in [2.45, 2.75) is 63.0 Å². The summed E-state index contributed by atoms with van der Waals surface area (Å²) in [4.78, 5) is 26.1. The molecule has 8 heteroatoms. The minimum atomic E-state index is -0.537. The van der Waals surface area contributed by atoms with Crippen molar-refractivity contribution in [1.82, 2.24) is 15.0 Å². The highest BCUT2D eigenvalue weighted by molar-refractivity contribution is 5.93. The van der Waals surface area contributed by atoms with Crippen LogP contribution in [-0.4, -0.2) is 33.6 Å². The summed E-state index contributed by atoms with van der Waals surface area (Å²) in [7, 11) is 0. The summed E-state index contributed by atoms with van der Waals surface area (Å²) in [6.07, 6.45) is 8.71. The first-order valence-corrected chi connectivity index (χ1v) is 11.6. The second kappa shape index (κ2) is 7.12. The Morgan fingerprint density at radius 2 is 2.03 bits per heavy atom. The van der Waals surface area contributed by atoms with Gasteiger partial charge in [-0.15, -0.1) is 0 Å². The van der Waals surface area contributed by atoms with Gasteiger partial charge in [-0.25, -0.2) is 19.7 Å². The van der Waals surface area contributed by atoms with E-state index in [0.29, 0.717) is 29.7 Å². The predicted octanol–water partition coefficient (Wildman–Crippen LogP) is 4.10. The highest BCUT2D eigenvalue weighted by Crippen LogP contribution is 2.51. The number of hydrogen-bond acceptors (Lipinski definition) is 8. The van der Waals surface area contributed by atoms with E-state index in [1.54, 1.807) is 18.3 Å². The normalized spacial score (nSPS) is 20.2. The fraction of sp³-hybridized carbons (Fsp3) is 0.440. The lowest BCUT2D eigenvalue weighted by molar-refractivity contribution is 0.0418. The molecule has 3 N–H and O–H groups in total. The molecule has 1 aliphatic heterocycles. The first-order valence-electron chi connectivity index (χ1n) is 11.6. The molecule has 2 aliphatic carbocycles. The van der Waals surface area contributed by atoms with Crippen molar-refractivity contribution in [3.8, 4) is 5.88 Å². The molecule has 0 bridgehead atoms. The molecule has 0 unspecified atom stereocenters. The topological polar surface area (TPSA) is 112 Å². The third-order valence-corrected chi connectivity index (χ3v) is 7.09. The van der Waals surface area contributed by atoms with Crippen LogP contribution in [0, 0.1) is 0 Å². The van der Waals surface area contributed by atoms with Gasteiger partial charge in [0.1, 0.15) is 24.3 Å². The largest absolute Gasteiger partial charge is 0.474 e. The van der Waals surface area contributed by atoms with Crippen LogP contribution in [0.5, 0.6) is 5.88 Å². The summed E-state index contributed by atoms with van der Waals surface area (Å²) in [6.45, 7) is 4.49. The van der Waals surface area contributed by atoms with Crippen LogP contribution in [0.1, 0.15) is 67.6 Å². The van der Waals surface area contributed by atoms with Gasteiger partial charge in [0.05, 0.1) is 16.6 Å². The molecule has 8 nitrogen and oxygen atoms in total. The van der Waals surface area contributed by atoms with E-state index in [2.05, 4.69) is 22.2 Å². The number of cyclic esters (lactones) is 1. The Morgan fingerprint density at radius 1 is 1.21 bits per heavy atom. The summed E-state index contributed by atoms with van der Waals surface area (Å²) >= 11 is 0. The standard InChI is InChI=1S/C25H27N5O3/c1-3-24(2,26)18-12-28-22(33-14-4-5-14)17-11-27-20(10-16(17)18)29-19-7-6-15-21(30-19)25(8-9-25)13-32-23(15)31/h6-7,10-12,14H,3-5,8-9,13,26H2,1-2H3,(H,27,29,30)/t24-/m1/s1. The number of hydrogen-bond donors (Lipinski definition) is 2. The first-order chi connectivity index (χ1) is 15.9. The smallest absolute Gasteiger partial charge is 0.340 e. The summed E-state index contributed by atoms with van der Waals surface area (Å²) in [6, 6.07) is 5.56. The lowest BCUT2D eigenvalue weighted by Gasteiger charge is -2.25. The van der Waals surface area contributed by atoms with Crippen LogP contribution in [0.25, 0.3) is 10.8 Å². The number of rotatable bonds is 6. The van der Waals surface area contributed by atoms with E-state index in [4.69, 9.17) is 20.2 Å². The molecule has 0 saturated heterocycles. The van der Waals surface area contributed by atoms with Gasteiger partial charge in [0.2, 0.25) is 5.88 Å². The number of pyridine rings is 3. The molecule has 1 spiro atoms. The van der Waals surface area contributed by atoms with E-state index >= 15 is 0 Å². The Morgan fingerprint density at radius 3 is 2.76 bits per heavy atom. The second-order valence-corrected chi connectivity index (χ2v) is 9.75. The van der Waals surface area contributed by atoms with Crippen LogP contribution in [0.4, 0.5) is 11.6 Å². The lowest BCUT2D eigenvalue weighted by atomic mass is 9.88. The van der Waals surface area contributed by atoms with E-state index in [0.717, 1.165) is 54.1 Å². The number of nitrogens with two attached hydrogens (primary N) is 1. The maximum absolute atomic E-state index is 12.2. The Hall–Kier alpha value is -3.26. The Balaban J connectivity index is 1.39. The fourth-order valence-corrected chi connectivity index (χ4v) is 4.37. The van der Waals surface area contributed by atoms with Crippen molar-refractivity contribution < 1.29 is 14.3 Å². The van der Waals surface area contributed by atoms with Gasteiger partial charge in [-0.1, -0.05) is 6.92 Å². The van der Waals surface area contributed by atoms with E-state index in [1.165, 1.54) is 0 Å². The monoisotopic (exact) mass is 445 g/mol. The van der Waals surface area contributed by atoms with Crippen molar-refractivity contribution in [1.29, 1.82) is 0 Å². The zero-order valence-corrected chi connectivity index (χ0v) is 18.9. The third kappa shape index (κ3) is 3.49. The van der Waals surface area contributed by atoms with Gasteiger partial charge in [-0.2, -0.15) is 0 Å². The van der Waals surface area contributed by atoms with Crippen LogP contribution in [0.15, 0.2) is 30.6 Å². The quantitative estimate of drug-likeness (QED) is 0.546. The number of esters is 1. The molecule has 3 aliphatic rings. The predicted molar refractivity (Wildman–Crippen MR) is 124 cm³/mol. The van der Waals surface area contributed by atoms with Gasteiger partial charge in [-0.05, 0) is 68.2 Å². The van der Waals surface area contributed by atoms with Crippen molar-refractivity contribution in [2.24, 2.45) is 5.73 Å². The molecular formula is C25H27N5O3. The van der Waals surface area contributed by atoms with Crippen molar-refractivity contribution >= 4 is 28.4 Å². The van der Waals surface area contributed by atoms with Crippen molar-refractivity contribution in [2.75, 3.05) is 11.9 Å². The summed E-state index contributed by atoms with van der Waals surface area (Å²) < 4.78 is 11.4. The zero-order valence-electron chi connectivity index (χ0n) is 18.9. The SMILES string of the molecule is CC[C@@](C)(N)c1cnc(OC2CC2)c2cnc(Nc3ccc4c(n3)C3(CC3)COC4=O)cc12. The number of carbonyl (C=O) groups is 1. The average molecular weight is 446 g/mol. The highest BCUT2D eigenvalue weighted by Gasteiger charge is 2.51. The molecule has 6 rings (SSSR count). The molecule has 4 heterocycles. The first kappa shape index (κ1) is 20.4. The molecule has 2 fully saturated rings. The number of carbonyl (C=O) groups excluding carboxylic acids is 1. The molecule has 0 radical (unpaired) electrons. The van der Waals surface area contributed by atoms with Crippen molar-refractivity contribution in [3.63, 3.8) is 0 Å². The van der Waals surface area contributed by atoms with Crippen LogP contribution < -0.4 is 15.8 Å². The molecule has 3 aromatic rings. The van der Waals surface area contributed by atoms with Crippen LogP contribution in [0.2, 0.25) is 0 Å². The third-order valence-electron chi connectivity index (χ3n) is 7.09. The van der Waals surface area contributed by atoms with Gasteiger partial charge in [0.25, 0.3) is 0 Å². The molecule has 1 atom stereocenters. The van der Waals surface area contributed by atoms with E-state index in [9.17, 15) is 4.79 Å². The number of anilines is 2. The molecular weight excluding hydrogens is 418 g/mol. The minimum absolute atomic E-state index is 0.117. The van der Waals surface area contributed by atoms with Crippen LogP contribution >= 0.6 is 0 Å².